The van der Waals surface area contributed by atoms with E-state index in [1.807, 2.05) is 44.4 Å². The average molecular weight is 285 g/mol. The monoisotopic (exact) mass is 284 g/mol. The predicted octanol–water partition coefficient (Wildman–Crippen LogP) is 4.26. The highest BCUT2D eigenvalue weighted by atomic mass is 35.5. The summed E-state index contributed by atoms with van der Waals surface area (Å²) in [5.41, 5.74) is 3.27. The van der Waals surface area contributed by atoms with Crippen LogP contribution in [0.5, 0.6) is 0 Å². The molecule has 102 valence electrons. The fraction of sp³-hybridized carbons (Fsp3) is 0.235. The second kappa shape index (κ2) is 6.45. The molecule has 0 saturated carbocycles. The van der Waals surface area contributed by atoms with Crippen molar-refractivity contribution in [2.75, 3.05) is 19.0 Å². The summed E-state index contributed by atoms with van der Waals surface area (Å²) in [6.45, 7) is 0. The van der Waals surface area contributed by atoms with Gasteiger partial charge in [-0.1, -0.05) is 35.9 Å². The van der Waals surface area contributed by atoms with Gasteiger partial charge in [-0.3, -0.25) is 0 Å². The SMILES string of the molecule is CN(C)c1cccc(CC(C#N)c2cccc(Cl)c2)c1. The average Bonchev–Trinajstić information content (AvgIpc) is 2.45. The third-order valence-corrected chi connectivity index (χ3v) is 3.51. The van der Waals surface area contributed by atoms with Crippen LogP contribution in [-0.4, -0.2) is 14.1 Å². The van der Waals surface area contributed by atoms with E-state index in [0.29, 0.717) is 11.4 Å². The van der Waals surface area contributed by atoms with Gasteiger partial charge in [0.15, 0.2) is 0 Å². The Bertz CT molecular complexity index is 629. The van der Waals surface area contributed by atoms with Gasteiger partial charge in [0.25, 0.3) is 0 Å². The normalized spacial score (nSPS) is 11.7. The fourth-order valence-corrected chi connectivity index (χ4v) is 2.36. The lowest BCUT2D eigenvalue weighted by molar-refractivity contribution is 0.848. The first-order chi connectivity index (χ1) is 9.60. The van der Waals surface area contributed by atoms with Crippen molar-refractivity contribution in [3.63, 3.8) is 0 Å². The molecule has 0 N–H and O–H groups in total. The number of anilines is 1. The Kier molecular flexibility index (Phi) is 4.65. The van der Waals surface area contributed by atoms with Crippen molar-refractivity contribution in [3.05, 3.63) is 64.7 Å². The van der Waals surface area contributed by atoms with Crippen LogP contribution in [0.4, 0.5) is 5.69 Å². The Hall–Kier alpha value is -1.98. The van der Waals surface area contributed by atoms with E-state index in [0.717, 1.165) is 16.8 Å². The molecule has 1 atom stereocenters. The molecule has 2 nitrogen and oxygen atoms in total. The number of halogens is 1. The minimum Gasteiger partial charge on any atom is -0.378 e. The largest absolute Gasteiger partial charge is 0.378 e. The number of nitrogens with zero attached hydrogens (tertiary/aromatic N) is 2. The van der Waals surface area contributed by atoms with Gasteiger partial charge in [0.1, 0.15) is 0 Å². The van der Waals surface area contributed by atoms with Crippen LogP contribution in [0.3, 0.4) is 0 Å². The molecule has 0 bridgehead atoms. The Labute approximate surface area is 125 Å². The van der Waals surface area contributed by atoms with Crippen molar-refractivity contribution < 1.29 is 0 Å². The van der Waals surface area contributed by atoms with Gasteiger partial charge in [0.2, 0.25) is 0 Å². The highest BCUT2D eigenvalue weighted by molar-refractivity contribution is 6.30. The molecule has 0 radical (unpaired) electrons. The lowest BCUT2D eigenvalue weighted by Gasteiger charge is -2.15. The first-order valence-corrected chi connectivity index (χ1v) is 6.89. The van der Waals surface area contributed by atoms with Crippen molar-refractivity contribution in [3.8, 4) is 6.07 Å². The molecule has 2 rings (SSSR count). The molecule has 2 aromatic rings. The van der Waals surface area contributed by atoms with Crippen LogP contribution in [0, 0.1) is 11.3 Å². The van der Waals surface area contributed by atoms with Crippen LogP contribution in [0.1, 0.15) is 17.0 Å². The Morgan fingerprint density at radius 2 is 1.90 bits per heavy atom. The Balaban J connectivity index is 2.23. The third kappa shape index (κ3) is 3.53. The van der Waals surface area contributed by atoms with E-state index in [1.165, 1.54) is 0 Å². The lowest BCUT2D eigenvalue weighted by Crippen LogP contribution is -2.09. The van der Waals surface area contributed by atoms with Crippen LogP contribution < -0.4 is 4.90 Å². The van der Waals surface area contributed by atoms with Gasteiger partial charge >= 0.3 is 0 Å². The van der Waals surface area contributed by atoms with Crippen LogP contribution in [0.15, 0.2) is 48.5 Å². The van der Waals surface area contributed by atoms with E-state index in [-0.39, 0.29) is 5.92 Å². The predicted molar refractivity (Wildman–Crippen MR) is 84.3 cm³/mol. The molecule has 0 saturated heterocycles. The summed E-state index contributed by atoms with van der Waals surface area (Å²) in [4.78, 5) is 2.06. The van der Waals surface area contributed by atoms with Crippen molar-refractivity contribution >= 4 is 17.3 Å². The molecule has 0 amide bonds. The summed E-state index contributed by atoms with van der Waals surface area (Å²) in [5.74, 6) is -0.175. The van der Waals surface area contributed by atoms with Crippen LogP contribution in [0.2, 0.25) is 5.02 Å². The number of benzene rings is 2. The molecular formula is C17H17ClN2. The first-order valence-electron chi connectivity index (χ1n) is 6.51. The van der Waals surface area contributed by atoms with Crippen molar-refractivity contribution in [1.29, 1.82) is 5.26 Å². The Morgan fingerprint density at radius 1 is 1.15 bits per heavy atom. The summed E-state index contributed by atoms with van der Waals surface area (Å²) in [6.07, 6.45) is 0.693. The lowest BCUT2D eigenvalue weighted by atomic mass is 9.93. The van der Waals surface area contributed by atoms with Gasteiger partial charge in [0.05, 0.1) is 12.0 Å². The van der Waals surface area contributed by atoms with Gasteiger partial charge in [0, 0.05) is 24.8 Å². The number of hydrogen-bond acceptors (Lipinski definition) is 2. The van der Waals surface area contributed by atoms with E-state index in [2.05, 4.69) is 29.2 Å². The topological polar surface area (TPSA) is 27.0 Å². The maximum atomic E-state index is 9.41. The summed E-state index contributed by atoms with van der Waals surface area (Å²) in [7, 11) is 4.02. The van der Waals surface area contributed by atoms with E-state index in [4.69, 9.17) is 11.6 Å². The van der Waals surface area contributed by atoms with E-state index >= 15 is 0 Å². The number of hydrogen-bond donors (Lipinski definition) is 0. The van der Waals surface area contributed by atoms with Gasteiger partial charge < -0.3 is 4.90 Å². The third-order valence-electron chi connectivity index (χ3n) is 3.27. The van der Waals surface area contributed by atoms with Crippen LogP contribution in [-0.2, 0) is 6.42 Å². The van der Waals surface area contributed by atoms with E-state index in [1.54, 1.807) is 0 Å². The molecule has 0 aliphatic rings. The minimum absolute atomic E-state index is 0.175. The maximum Gasteiger partial charge on any atom is 0.0753 e. The Morgan fingerprint density at radius 3 is 2.55 bits per heavy atom. The van der Waals surface area contributed by atoms with Crippen molar-refractivity contribution in [2.24, 2.45) is 0 Å². The zero-order valence-electron chi connectivity index (χ0n) is 11.7. The van der Waals surface area contributed by atoms with Gasteiger partial charge in [-0.05, 0) is 41.8 Å². The quantitative estimate of drug-likeness (QED) is 0.839. The summed E-state index contributed by atoms with van der Waals surface area (Å²) >= 11 is 6.00. The van der Waals surface area contributed by atoms with Crippen molar-refractivity contribution in [2.45, 2.75) is 12.3 Å². The van der Waals surface area contributed by atoms with E-state index < -0.39 is 0 Å². The number of nitriles is 1. The molecule has 2 aromatic carbocycles. The first kappa shape index (κ1) is 14.4. The zero-order chi connectivity index (χ0) is 14.5. The molecule has 0 aliphatic carbocycles. The summed E-state index contributed by atoms with van der Waals surface area (Å²) in [5, 5.41) is 10.1. The smallest absolute Gasteiger partial charge is 0.0753 e. The van der Waals surface area contributed by atoms with Gasteiger partial charge in [-0.15, -0.1) is 0 Å². The van der Waals surface area contributed by atoms with Gasteiger partial charge in [-0.2, -0.15) is 5.26 Å². The fourth-order valence-electron chi connectivity index (χ4n) is 2.16. The molecule has 0 fully saturated rings. The molecule has 0 spiro atoms. The van der Waals surface area contributed by atoms with E-state index in [9.17, 15) is 5.26 Å². The minimum atomic E-state index is -0.175. The van der Waals surface area contributed by atoms with Crippen molar-refractivity contribution in [1.82, 2.24) is 0 Å². The van der Waals surface area contributed by atoms with Gasteiger partial charge in [-0.25, -0.2) is 0 Å². The highest BCUT2D eigenvalue weighted by Gasteiger charge is 2.12. The maximum absolute atomic E-state index is 9.41. The molecule has 3 heteroatoms. The molecule has 20 heavy (non-hydrogen) atoms. The zero-order valence-corrected chi connectivity index (χ0v) is 12.4. The number of rotatable bonds is 4. The van der Waals surface area contributed by atoms with Crippen LogP contribution >= 0.6 is 11.6 Å². The molecule has 1 unspecified atom stereocenters. The molecule has 0 aliphatic heterocycles. The molecule has 0 aromatic heterocycles. The second-order valence-electron chi connectivity index (χ2n) is 5.01. The molecular weight excluding hydrogens is 268 g/mol. The van der Waals surface area contributed by atoms with Crippen LogP contribution in [0.25, 0.3) is 0 Å². The standard InChI is InChI=1S/C17H17ClN2/c1-20(2)17-8-3-5-13(10-17)9-15(12-19)14-6-4-7-16(18)11-14/h3-8,10-11,15H,9H2,1-2H3. The molecule has 0 heterocycles. The highest BCUT2D eigenvalue weighted by Crippen LogP contribution is 2.24. The second-order valence-corrected chi connectivity index (χ2v) is 5.44. The summed E-state index contributed by atoms with van der Waals surface area (Å²) < 4.78 is 0. The summed E-state index contributed by atoms with van der Waals surface area (Å²) in [6, 6.07) is 18.2.